The Kier molecular flexibility index (Phi) is 4.34. The average Bonchev–Trinajstić information content (AvgIpc) is 2.43. The van der Waals surface area contributed by atoms with E-state index in [-0.39, 0.29) is 6.04 Å². The zero-order valence-corrected chi connectivity index (χ0v) is 11.3. The summed E-state index contributed by atoms with van der Waals surface area (Å²) < 4.78 is 0. The monoisotopic (exact) mass is 242 g/mol. The molecule has 2 rings (SSSR count). The van der Waals surface area contributed by atoms with Crippen molar-refractivity contribution < 1.29 is 0 Å². The van der Waals surface area contributed by atoms with Crippen LogP contribution in [0.15, 0.2) is 42.5 Å². The second-order valence-corrected chi connectivity index (χ2v) is 4.66. The molecule has 2 aromatic carbocycles. The summed E-state index contributed by atoms with van der Waals surface area (Å²) >= 11 is 0. The Balaban J connectivity index is 2.30. The molecule has 0 saturated heterocycles. The molecule has 0 unspecified atom stereocenters. The molecule has 0 saturated carbocycles. The number of likely N-dealkylation sites (N-methyl/N-ethyl adjacent to an activating group) is 1. The molecule has 0 heterocycles. The van der Waals surface area contributed by atoms with Gasteiger partial charge < -0.3 is 10.6 Å². The third kappa shape index (κ3) is 2.71. The molecule has 0 spiro atoms. The predicted molar refractivity (Wildman–Crippen MR) is 78.7 cm³/mol. The Morgan fingerprint density at radius 3 is 2.39 bits per heavy atom. The van der Waals surface area contributed by atoms with E-state index in [9.17, 15) is 0 Å². The smallest absolute Gasteiger partial charge is 0.0430 e. The van der Waals surface area contributed by atoms with Crippen LogP contribution >= 0.6 is 0 Å². The van der Waals surface area contributed by atoms with E-state index in [1.165, 1.54) is 16.3 Å². The van der Waals surface area contributed by atoms with Gasteiger partial charge in [0, 0.05) is 12.6 Å². The van der Waals surface area contributed by atoms with Crippen LogP contribution < -0.4 is 5.73 Å². The van der Waals surface area contributed by atoms with Crippen LogP contribution in [0.5, 0.6) is 0 Å². The zero-order valence-electron chi connectivity index (χ0n) is 11.3. The van der Waals surface area contributed by atoms with Crippen molar-refractivity contribution >= 4 is 10.8 Å². The van der Waals surface area contributed by atoms with Crippen LogP contribution in [0.25, 0.3) is 10.8 Å². The van der Waals surface area contributed by atoms with Gasteiger partial charge in [0.25, 0.3) is 0 Å². The maximum Gasteiger partial charge on any atom is 0.0430 e. The van der Waals surface area contributed by atoms with Crippen molar-refractivity contribution in [3.8, 4) is 0 Å². The summed E-state index contributed by atoms with van der Waals surface area (Å²) in [7, 11) is 0. The van der Waals surface area contributed by atoms with Gasteiger partial charge in [-0.3, -0.25) is 0 Å². The van der Waals surface area contributed by atoms with Gasteiger partial charge in [0.2, 0.25) is 0 Å². The summed E-state index contributed by atoms with van der Waals surface area (Å²) in [6.07, 6.45) is 0. The highest BCUT2D eigenvalue weighted by Crippen LogP contribution is 2.23. The van der Waals surface area contributed by atoms with Gasteiger partial charge in [0.05, 0.1) is 0 Å². The van der Waals surface area contributed by atoms with E-state index in [2.05, 4.69) is 61.2 Å². The minimum Gasteiger partial charge on any atom is -0.323 e. The van der Waals surface area contributed by atoms with Gasteiger partial charge in [-0.25, -0.2) is 0 Å². The van der Waals surface area contributed by atoms with Crippen molar-refractivity contribution in [2.75, 3.05) is 19.6 Å². The van der Waals surface area contributed by atoms with E-state index < -0.39 is 0 Å². The summed E-state index contributed by atoms with van der Waals surface area (Å²) in [6.45, 7) is 7.38. The molecule has 2 nitrogen and oxygen atoms in total. The van der Waals surface area contributed by atoms with E-state index in [1.807, 2.05) is 0 Å². The number of hydrogen-bond acceptors (Lipinski definition) is 2. The first kappa shape index (κ1) is 13.1. The largest absolute Gasteiger partial charge is 0.323 e. The lowest BCUT2D eigenvalue weighted by Gasteiger charge is -2.23. The number of benzene rings is 2. The molecular weight excluding hydrogens is 220 g/mol. The average molecular weight is 242 g/mol. The highest BCUT2D eigenvalue weighted by atomic mass is 15.1. The molecule has 0 aliphatic rings. The predicted octanol–water partition coefficient (Wildman–Crippen LogP) is 3.18. The molecule has 0 aliphatic heterocycles. The quantitative estimate of drug-likeness (QED) is 0.872. The van der Waals surface area contributed by atoms with Crippen LogP contribution in [-0.2, 0) is 0 Å². The highest BCUT2D eigenvalue weighted by Gasteiger charge is 2.12. The molecule has 2 aromatic rings. The molecule has 1 atom stereocenters. The summed E-state index contributed by atoms with van der Waals surface area (Å²) in [4.78, 5) is 2.37. The topological polar surface area (TPSA) is 29.3 Å². The van der Waals surface area contributed by atoms with Gasteiger partial charge in [-0.1, -0.05) is 56.3 Å². The van der Waals surface area contributed by atoms with Crippen molar-refractivity contribution in [3.63, 3.8) is 0 Å². The minimum absolute atomic E-state index is 0.0796. The van der Waals surface area contributed by atoms with Crippen molar-refractivity contribution in [1.29, 1.82) is 0 Å². The van der Waals surface area contributed by atoms with Crippen LogP contribution in [-0.4, -0.2) is 24.5 Å². The number of fused-ring (bicyclic) bond motifs is 1. The van der Waals surface area contributed by atoms with Crippen molar-refractivity contribution in [2.45, 2.75) is 19.9 Å². The first-order valence-corrected chi connectivity index (χ1v) is 6.71. The first-order chi connectivity index (χ1) is 8.76. The molecule has 0 aliphatic carbocycles. The first-order valence-electron chi connectivity index (χ1n) is 6.71. The van der Waals surface area contributed by atoms with Gasteiger partial charge in [-0.2, -0.15) is 0 Å². The maximum atomic E-state index is 6.37. The van der Waals surface area contributed by atoms with Crippen molar-refractivity contribution in [2.24, 2.45) is 5.73 Å². The molecule has 2 N–H and O–H groups in total. The number of nitrogens with zero attached hydrogens (tertiary/aromatic N) is 1. The summed E-state index contributed by atoms with van der Waals surface area (Å²) in [5, 5.41) is 2.55. The summed E-state index contributed by atoms with van der Waals surface area (Å²) in [5.41, 5.74) is 7.62. The molecule has 2 heteroatoms. The lowest BCUT2D eigenvalue weighted by Crippen LogP contribution is -2.32. The van der Waals surface area contributed by atoms with Crippen LogP contribution in [0.3, 0.4) is 0 Å². The lowest BCUT2D eigenvalue weighted by atomic mass is 9.99. The standard InChI is InChI=1S/C16H22N2/c1-3-18(4-2)12-16(17)15-11-7-9-13-8-5-6-10-14(13)15/h5-11,16H,3-4,12,17H2,1-2H3/t16-/m1/s1. The highest BCUT2D eigenvalue weighted by molar-refractivity contribution is 5.86. The molecule has 0 amide bonds. The second-order valence-electron chi connectivity index (χ2n) is 4.66. The zero-order chi connectivity index (χ0) is 13.0. The van der Waals surface area contributed by atoms with E-state index in [0.29, 0.717) is 0 Å². The SMILES string of the molecule is CCN(CC)C[C@@H](N)c1cccc2ccccc12. The number of rotatable bonds is 5. The van der Waals surface area contributed by atoms with Crippen LogP contribution in [0, 0.1) is 0 Å². The van der Waals surface area contributed by atoms with Crippen LogP contribution in [0.4, 0.5) is 0 Å². The third-order valence-electron chi connectivity index (χ3n) is 3.57. The van der Waals surface area contributed by atoms with E-state index >= 15 is 0 Å². The fraction of sp³-hybridized carbons (Fsp3) is 0.375. The Hall–Kier alpha value is -1.38. The summed E-state index contributed by atoms with van der Waals surface area (Å²) in [6, 6.07) is 14.9. The Bertz CT molecular complexity index is 498. The van der Waals surface area contributed by atoms with Gasteiger partial charge >= 0.3 is 0 Å². The molecule has 0 fully saturated rings. The van der Waals surface area contributed by atoms with Crippen molar-refractivity contribution in [3.05, 3.63) is 48.0 Å². The fourth-order valence-electron chi connectivity index (χ4n) is 2.43. The van der Waals surface area contributed by atoms with Crippen LogP contribution in [0.2, 0.25) is 0 Å². The van der Waals surface area contributed by atoms with Crippen molar-refractivity contribution in [1.82, 2.24) is 4.90 Å². The molecule has 18 heavy (non-hydrogen) atoms. The molecular formula is C16H22N2. The Morgan fingerprint density at radius 2 is 1.67 bits per heavy atom. The lowest BCUT2D eigenvalue weighted by molar-refractivity contribution is 0.285. The minimum atomic E-state index is 0.0796. The van der Waals surface area contributed by atoms with E-state index in [4.69, 9.17) is 5.73 Å². The van der Waals surface area contributed by atoms with Gasteiger partial charge in [0.1, 0.15) is 0 Å². The second kappa shape index (κ2) is 5.98. The Labute approximate surface area is 109 Å². The maximum absolute atomic E-state index is 6.37. The molecule has 0 bridgehead atoms. The van der Waals surface area contributed by atoms with Gasteiger partial charge in [-0.15, -0.1) is 0 Å². The fourth-order valence-corrected chi connectivity index (χ4v) is 2.43. The van der Waals surface area contributed by atoms with Gasteiger partial charge in [-0.05, 0) is 29.4 Å². The summed E-state index contributed by atoms with van der Waals surface area (Å²) in [5.74, 6) is 0. The van der Waals surface area contributed by atoms with Gasteiger partial charge in [0.15, 0.2) is 0 Å². The normalized spacial score (nSPS) is 13.1. The number of hydrogen-bond donors (Lipinski definition) is 1. The molecule has 0 radical (unpaired) electrons. The Morgan fingerprint density at radius 1 is 1.00 bits per heavy atom. The van der Waals surface area contributed by atoms with E-state index in [1.54, 1.807) is 0 Å². The van der Waals surface area contributed by atoms with E-state index in [0.717, 1.165) is 19.6 Å². The molecule has 96 valence electrons. The third-order valence-corrected chi connectivity index (χ3v) is 3.57. The van der Waals surface area contributed by atoms with Crippen LogP contribution in [0.1, 0.15) is 25.5 Å². The molecule has 0 aromatic heterocycles. The number of nitrogens with two attached hydrogens (primary N) is 1.